The molecule has 1 aromatic carbocycles. The Bertz CT molecular complexity index is 1690. The number of ether oxygens (including phenoxy) is 3. The molecule has 0 unspecified atom stereocenters. The summed E-state index contributed by atoms with van der Waals surface area (Å²) in [6, 6.07) is 7.60. The first-order valence-electron chi connectivity index (χ1n) is 16.8. The highest BCUT2D eigenvalue weighted by Gasteiger charge is 2.42. The molecule has 2 aliphatic heterocycles. The highest BCUT2D eigenvalue weighted by Crippen LogP contribution is 2.40. The smallest absolute Gasteiger partial charge is 0.257 e. The van der Waals surface area contributed by atoms with Crippen molar-refractivity contribution in [1.29, 1.82) is 5.41 Å². The summed E-state index contributed by atoms with van der Waals surface area (Å²) in [6.45, 7) is 4.31. The Morgan fingerprint density at radius 2 is 1.80 bits per heavy atom. The van der Waals surface area contributed by atoms with Crippen LogP contribution in [0.4, 0.5) is 11.6 Å². The van der Waals surface area contributed by atoms with Crippen molar-refractivity contribution in [1.82, 2.24) is 34.9 Å². The van der Waals surface area contributed by atoms with Gasteiger partial charge in [0.25, 0.3) is 5.88 Å². The minimum absolute atomic E-state index is 0.151. The summed E-state index contributed by atoms with van der Waals surface area (Å²) in [7, 11) is 0. The number of fused-ring (bicyclic) bond motifs is 2. The predicted octanol–water partition coefficient (Wildman–Crippen LogP) is 5.64. The molecule has 14 nitrogen and oxygen atoms in total. The molecule has 1 aliphatic carbocycles. The Morgan fingerprint density at radius 3 is 2.53 bits per heavy atom. The van der Waals surface area contributed by atoms with E-state index >= 15 is 0 Å². The molecule has 15 heteroatoms. The van der Waals surface area contributed by atoms with Crippen molar-refractivity contribution in [2.45, 2.75) is 82.3 Å². The van der Waals surface area contributed by atoms with Gasteiger partial charge in [0.1, 0.15) is 30.1 Å². The van der Waals surface area contributed by atoms with E-state index in [4.69, 9.17) is 40.7 Å². The quantitative estimate of drug-likeness (QED) is 0.111. The topological polar surface area (TPSA) is 161 Å². The number of aromatic nitrogens is 5. The van der Waals surface area contributed by atoms with E-state index < -0.39 is 0 Å². The second-order valence-electron chi connectivity index (χ2n) is 12.7. The standard InChI is InChI=1S/C34H41ClN10O4/c1-22(13-37-21-38-20-36)49-31-12-23(2-9-29(31)35)24-14-40-34(41-15-24)42-30-16-44(43-33(30)48-19-32-39-10-11-47-32)25-3-5-26(6-4-25)45-27-7-8-28(45)18-46-17-27/h2,9-12,14-16,20-22,25-28H,3-8,13,17-19H2,1H3,(H2,36,37,38)(H,40,41,42)/t22-,25-,26-,27-,28+/m0/s1. The molecule has 7 rings (SSSR count). The molecule has 0 amide bonds. The lowest BCUT2D eigenvalue weighted by Crippen LogP contribution is -2.52. The van der Waals surface area contributed by atoms with Crippen molar-refractivity contribution in [3.63, 3.8) is 0 Å². The van der Waals surface area contributed by atoms with Gasteiger partial charge in [-0.25, -0.2) is 19.9 Å². The van der Waals surface area contributed by atoms with Crippen LogP contribution in [-0.4, -0.2) is 86.3 Å². The summed E-state index contributed by atoms with van der Waals surface area (Å²) in [6.07, 6.45) is 17.7. The van der Waals surface area contributed by atoms with Gasteiger partial charge in [0.05, 0.1) is 49.6 Å². The maximum absolute atomic E-state index is 6.96. The molecule has 0 radical (unpaired) electrons. The lowest BCUT2D eigenvalue weighted by atomic mass is 9.89. The fourth-order valence-electron chi connectivity index (χ4n) is 7.09. The van der Waals surface area contributed by atoms with Gasteiger partial charge in [-0.3, -0.25) is 15.0 Å². The van der Waals surface area contributed by atoms with E-state index in [0.717, 1.165) is 56.4 Å². The van der Waals surface area contributed by atoms with Crippen LogP contribution in [0.2, 0.25) is 5.02 Å². The van der Waals surface area contributed by atoms with E-state index in [-0.39, 0.29) is 18.8 Å². The van der Waals surface area contributed by atoms with Crippen LogP contribution < -0.4 is 20.1 Å². The van der Waals surface area contributed by atoms with Crippen LogP contribution in [0.5, 0.6) is 11.6 Å². The number of nitrogens with one attached hydrogen (secondary N) is 3. The van der Waals surface area contributed by atoms with Crippen molar-refractivity contribution >= 4 is 35.9 Å². The van der Waals surface area contributed by atoms with Crippen molar-refractivity contribution in [2.24, 2.45) is 4.99 Å². The Balaban J connectivity index is 1.02. The first-order chi connectivity index (χ1) is 24.0. The first kappa shape index (κ1) is 33.0. The molecule has 3 atom stereocenters. The Morgan fingerprint density at radius 1 is 1.04 bits per heavy atom. The maximum atomic E-state index is 6.96. The third-order valence-corrected chi connectivity index (χ3v) is 9.72. The van der Waals surface area contributed by atoms with E-state index in [1.807, 2.05) is 29.9 Å². The van der Waals surface area contributed by atoms with Gasteiger partial charge in [-0.15, -0.1) is 5.10 Å². The number of halogens is 1. The highest BCUT2D eigenvalue weighted by molar-refractivity contribution is 6.32. The summed E-state index contributed by atoms with van der Waals surface area (Å²) in [4.78, 5) is 19.8. The molecule has 0 spiro atoms. The number of morpholine rings is 1. The average Bonchev–Trinajstić information content (AvgIpc) is 3.85. The average molecular weight is 689 g/mol. The van der Waals surface area contributed by atoms with Gasteiger partial charge in [-0.1, -0.05) is 17.7 Å². The third kappa shape index (κ3) is 7.87. The zero-order chi connectivity index (χ0) is 33.6. The van der Waals surface area contributed by atoms with Crippen molar-refractivity contribution in [2.75, 3.05) is 25.1 Å². The lowest BCUT2D eigenvalue weighted by molar-refractivity contribution is -0.0458. The highest BCUT2D eigenvalue weighted by atomic mass is 35.5. The van der Waals surface area contributed by atoms with Gasteiger partial charge in [-0.2, -0.15) is 0 Å². The molecule has 3 fully saturated rings. The number of hydrogen-bond donors (Lipinski definition) is 3. The molecule has 5 heterocycles. The number of hydrogen-bond acceptors (Lipinski definition) is 11. The monoisotopic (exact) mass is 688 g/mol. The SMILES string of the molecule is C[C@@H](CN/C=N\C=N)Oc1cc(-c2cnc(Nc3cn([C@H]4CC[C@H](N5[C@@H]6CC[C@H]5COC6)CC4)nc3OCc3ncco3)nc2)ccc1Cl. The number of rotatable bonds is 14. The van der Waals surface area contributed by atoms with Crippen LogP contribution in [-0.2, 0) is 11.3 Å². The Labute approximate surface area is 289 Å². The maximum Gasteiger partial charge on any atom is 0.257 e. The second-order valence-corrected chi connectivity index (χ2v) is 13.1. The fourth-order valence-corrected chi connectivity index (χ4v) is 7.25. The van der Waals surface area contributed by atoms with Crippen LogP contribution in [0.3, 0.4) is 0 Å². The molecule has 3 N–H and O–H groups in total. The van der Waals surface area contributed by atoms with Crippen LogP contribution in [0.15, 0.2) is 58.7 Å². The van der Waals surface area contributed by atoms with Crippen molar-refractivity contribution < 1.29 is 18.6 Å². The molecule has 258 valence electrons. The number of benzene rings is 1. The Kier molecular flexibility index (Phi) is 10.3. The molecule has 3 aromatic heterocycles. The van der Waals surface area contributed by atoms with E-state index in [9.17, 15) is 0 Å². The number of nitrogens with zero attached hydrogens (tertiary/aromatic N) is 7. The molecule has 3 aliphatic rings. The predicted molar refractivity (Wildman–Crippen MR) is 185 cm³/mol. The van der Waals surface area contributed by atoms with Gasteiger partial charge >= 0.3 is 0 Å². The Hall–Kier alpha value is -4.53. The minimum Gasteiger partial charge on any atom is -0.487 e. The molecule has 1 saturated carbocycles. The third-order valence-electron chi connectivity index (χ3n) is 9.41. The van der Waals surface area contributed by atoms with Gasteiger partial charge in [-0.05, 0) is 63.1 Å². The summed E-state index contributed by atoms with van der Waals surface area (Å²) in [5.41, 5.74) is 2.33. The van der Waals surface area contributed by atoms with Crippen LogP contribution in [0, 0.1) is 5.41 Å². The number of aliphatic imine (C=N–C) groups is 1. The summed E-state index contributed by atoms with van der Waals surface area (Å²) in [5.74, 6) is 1.86. The molecule has 4 aromatic rings. The summed E-state index contributed by atoms with van der Waals surface area (Å²) < 4.78 is 25.4. The van der Waals surface area contributed by atoms with E-state index in [0.29, 0.717) is 58.8 Å². The van der Waals surface area contributed by atoms with E-state index in [1.54, 1.807) is 24.7 Å². The summed E-state index contributed by atoms with van der Waals surface area (Å²) >= 11 is 6.44. The van der Waals surface area contributed by atoms with Gasteiger partial charge < -0.3 is 29.3 Å². The van der Waals surface area contributed by atoms with Crippen LogP contribution in [0.25, 0.3) is 11.1 Å². The van der Waals surface area contributed by atoms with Gasteiger partial charge in [0.2, 0.25) is 11.8 Å². The molecular formula is C34H41ClN10O4. The fraction of sp³-hybridized carbons (Fsp3) is 0.471. The zero-order valence-electron chi connectivity index (χ0n) is 27.4. The van der Waals surface area contributed by atoms with Crippen molar-refractivity contribution in [3.05, 3.63) is 60.2 Å². The molecule has 2 saturated heterocycles. The molecule has 2 bridgehead atoms. The van der Waals surface area contributed by atoms with Gasteiger partial charge in [0, 0.05) is 36.1 Å². The zero-order valence-corrected chi connectivity index (χ0v) is 28.1. The van der Waals surface area contributed by atoms with E-state index in [1.165, 1.54) is 25.4 Å². The van der Waals surface area contributed by atoms with E-state index in [2.05, 4.69) is 35.5 Å². The van der Waals surface area contributed by atoms with Gasteiger partial charge in [0.15, 0.2) is 6.61 Å². The normalized spacial score (nSPS) is 23.0. The molecule has 49 heavy (non-hydrogen) atoms. The van der Waals surface area contributed by atoms with Crippen LogP contribution >= 0.6 is 11.6 Å². The van der Waals surface area contributed by atoms with Crippen LogP contribution in [0.1, 0.15) is 57.4 Å². The lowest BCUT2D eigenvalue weighted by Gasteiger charge is -2.43. The number of anilines is 2. The minimum atomic E-state index is -0.191. The summed E-state index contributed by atoms with van der Waals surface area (Å²) in [5, 5.41) is 18.6. The second kappa shape index (κ2) is 15.3. The first-order valence-corrected chi connectivity index (χ1v) is 17.2. The number of oxazole rings is 1. The molecular weight excluding hydrogens is 648 g/mol. The largest absolute Gasteiger partial charge is 0.487 e. The van der Waals surface area contributed by atoms with Crippen molar-refractivity contribution in [3.8, 4) is 22.8 Å².